The van der Waals surface area contributed by atoms with E-state index in [-0.39, 0.29) is 32.7 Å². The van der Waals surface area contributed by atoms with Crippen LogP contribution in [-0.2, 0) is 37.0 Å². The lowest BCUT2D eigenvalue weighted by atomic mass is 10.0. The summed E-state index contributed by atoms with van der Waals surface area (Å²) in [5, 5.41) is 14.3. The third-order valence-corrected chi connectivity index (χ3v) is 5.11. The maximum Gasteiger partial charge on any atom is 0.408 e. The van der Waals surface area contributed by atoms with Crippen molar-refractivity contribution >= 4 is 24.1 Å². The lowest BCUT2D eigenvalue weighted by Crippen LogP contribution is -2.42. The van der Waals surface area contributed by atoms with Crippen molar-refractivity contribution in [2.45, 2.75) is 57.9 Å². The molecular weight excluding hydrogens is 468 g/mol. The first kappa shape index (κ1) is 28.2. The van der Waals surface area contributed by atoms with Crippen LogP contribution in [0, 0.1) is 0 Å². The fraction of sp³-hybridized carbons (Fsp3) is 0.385. The summed E-state index contributed by atoms with van der Waals surface area (Å²) in [7, 11) is 0. The highest BCUT2D eigenvalue weighted by atomic mass is 16.6. The first-order chi connectivity index (χ1) is 17.4. The number of benzene rings is 2. The molecule has 0 heterocycles. The number of hydrogen-bond acceptors (Lipinski definition) is 7. The van der Waals surface area contributed by atoms with Crippen LogP contribution in [0.15, 0.2) is 60.7 Å². The van der Waals surface area contributed by atoms with E-state index in [1.54, 1.807) is 43.3 Å². The molecule has 0 aliphatic rings. The van der Waals surface area contributed by atoms with Gasteiger partial charge in [0.2, 0.25) is 0 Å². The Balaban J connectivity index is 1.78. The molecule has 3 N–H and O–H groups in total. The van der Waals surface area contributed by atoms with Gasteiger partial charge >= 0.3 is 24.1 Å². The quantitative estimate of drug-likeness (QED) is 0.202. The molecule has 0 fully saturated rings. The molecule has 2 unspecified atom stereocenters. The highest BCUT2D eigenvalue weighted by molar-refractivity contribution is 5.81. The van der Waals surface area contributed by atoms with Gasteiger partial charge in [0, 0.05) is 0 Å². The molecule has 0 radical (unpaired) electrons. The minimum Gasteiger partial charge on any atom is -0.480 e. The van der Waals surface area contributed by atoms with Gasteiger partial charge in [0.15, 0.2) is 0 Å². The van der Waals surface area contributed by atoms with Gasteiger partial charge in [0.1, 0.15) is 25.3 Å². The minimum absolute atomic E-state index is 0.0201. The number of ether oxygens (including phenoxy) is 3. The van der Waals surface area contributed by atoms with Crippen molar-refractivity contribution in [3.8, 4) is 0 Å². The average Bonchev–Trinajstić information content (AvgIpc) is 2.88. The summed E-state index contributed by atoms with van der Waals surface area (Å²) in [6, 6.07) is 16.0. The fourth-order valence-electron chi connectivity index (χ4n) is 3.26. The molecule has 194 valence electrons. The molecule has 2 aromatic rings. The predicted molar refractivity (Wildman–Crippen MR) is 130 cm³/mol. The number of rotatable bonds is 14. The number of amides is 2. The summed E-state index contributed by atoms with van der Waals surface area (Å²) in [6.07, 6.45) is -0.505. The van der Waals surface area contributed by atoms with Crippen molar-refractivity contribution in [1.82, 2.24) is 10.6 Å². The van der Waals surface area contributed by atoms with E-state index in [1.807, 2.05) is 24.3 Å². The molecule has 36 heavy (non-hydrogen) atoms. The predicted octanol–water partition coefficient (Wildman–Crippen LogP) is 3.78. The minimum atomic E-state index is -1.20. The van der Waals surface area contributed by atoms with Crippen LogP contribution in [0.2, 0.25) is 0 Å². The molecule has 2 rings (SSSR count). The van der Waals surface area contributed by atoms with Crippen molar-refractivity contribution in [2.75, 3.05) is 6.61 Å². The number of carbonyl (C=O) groups excluding carboxylic acids is 3. The lowest BCUT2D eigenvalue weighted by molar-refractivity contribution is -0.146. The number of hydrogen-bond donors (Lipinski definition) is 3. The summed E-state index contributed by atoms with van der Waals surface area (Å²) >= 11 is 0. The van der Waals surface area contributed by atoms with Crippen LogP contribution >= 0.6 is 0 Å². The second kappa shape index (κ2) is 15.8. The molecule has 0 aliphatic heterocycles. The third kappa shape index (κ3) is 10.9. The number of carboxylic acid groups (broad SMARTS) is 1. The maximum atomic E-state index is 12.3. The summed E-state index contributed by atoms with van der Waals surface area (Å²) in [5.41, 5.74) is 1.58. The van der Waals surface area contributed by atoms with Crippen molar-refractivity contribution in [1.29, 1.82) is 0 Å². The van der Waals surface area contributed by atoms with E-state index in [0.717, 1.165) is 11.1 Å². The van der Waals surface area contributed by atoms with E-state index in [9.17, 15) is 24.3 Å². The fourth-order valence-corrected chi connectivity index (χ4v) is 3.26. The Bertz CT molecular complexity index is 968. The monoisotopic (exact) mass is 500 g/mol. The molecule has 0 saturated carbocycles. The van der Waals surface area contributed by atoms with Crippen LogP contribution in [-0.4, -0.2) is 47.9 Å². The Hall–Kier alpha value is -4.08. The van der Waals surface area contributed by atoms with Gasteiger partial charge in [-0.1, -0.05) is 73.5 Å². The van der Waals surface area contributed by atoms with Crippen molar-refractivity contribution in [3.63, 3.8) is 0 Å². The number of esters is 1. The van der Waals surface area contributed by atoms with E-state index in [1.165, 1.54) is 0 Å². The highest BCUT2D eigenvalue weighted by Crippen LogP contribution is 2.10. The number of carboxylic acids is 1. The summed E-state index contributed by atoms with van der Waals surface area (Å²) in [6.45, 7) is 1.87. The average molecular weight is 501 g/mol. The first-order valence-electron chi connectivity index (χ1n) is 11.7. The van der Waals surface area contributed by atoms with Gasteiger partial charge in [-0.2, -0.15) is 0 Å². The zero-order valence-electron chi connectivity index (χ0n) is 20.2. The Morgan fingerprint density at radius 2 is 1.17 bits per heavy atom. The van der Waals surface area contributed by atoms with Gasteiger partial charge < -0.3 is 30.0 Å². The lowest BCUT2D eigenvalue weighted by Gasteiger charge is -2.18. The molecule has 0 spiro atoms. The number of alkyl carbamates (subject to hydrolysis) is 2. The second-order valence-electron chi connectivity index (χ2n) is 7.89. The molecular formula is C26H32N2O8. The van der Waals surface area contributed by atoms with Crippen LogP contribution in [0.1, 0.15) is 43.7 Å². The van der Waals surface area contributed by atoms with Crippen LogP contribution in [0.25, 0.3) is 0 Å². The molecule has 0 saturated heterocycles. The zero-order chi connectivity index (χ0) is 26.2. The SMILES string of the molecule is CCOC(=O)C(CCCCC(NC(=O)OCc1ccccc1)C(=O)O)NC(=O)OCc1ccccc1. The highest BCUT2D eigenvalue weighted by Gasteiger charge is 2.24. The number of carbonyl (C=O) groups is 4. The van der Waals surface area contributed by atoms with E-state index in [2.05, 4.69) is 10.6 Å². The second-order valence-corrected chi connectivity index (χ2v) is 7.89. The standard InChI is InChI=1S/C26H32N2O8/c1-2-34-24(31)22(28-26(33)36-18-20-13-7-4-8-14-20)16-10-9-15-21(23(29)30)27-25(32)35-17-19-11-5-3-6-12-19/h3-8,11-14,21-22H,2,9-10,15-18H2,1H3,(H,27,32)(H,28,33)(H,29,30). The molecule has 10 heteroatoms. The van der Waals surface area contributed by atoms with E-state index >= 15 is 0 Å². The summed E-state index contributed by atoms with van der Waals surface area (Å²) in [4.78, 5) is 48.0. The third-order valence-electron chi connectivity index (χ3n) is 5.11. The molecule has 0 bridgehead atoms. The van der Waals surface area contributed by atoms with E-state index in [0.29, 0.717) is 12.8 Å². The number of aliphatic carboxylic acids is 1. The smallest absolute Gasteiger partial charge is 0.408 e. The van der Waals surface area contributed by atoms with Crippen molar-refractivity contribution in [3.05, 3.63) is 71.8 Å². The van der Waals surface area contributed by atoms with Gasteiger partial charge in [0.25, 0.3) is 0 Å². The van der Waals surface area contributed by atoms with Crippen LogP contribution in [0.3, 0.4) is 0 Å². The molecule has 2 aromatic carbocycles. The van der Waals surface area contributed by atoms with Gasteiger partial charge in [-0.05, 0) is 30.9 Å². The molecule has 0 aliphatic carbocycles. The molecule has 0 aromatic heterocycles. The Labute approximate surface area is 209 Å². The summed E-state index contributed by atoms with van der Waals surface area (Å²) < 4.78 is 15.3. The van der Waals surface area contributed by atoms with E-state index in [4.69, 9.17) is 14.2 Å². The Morgan fingerprint density at radius 1 is 0.722 bits per heavy atom. The van der Waals surface area contributed by atoms with E-state index < -0.39 is 36.2 Å². The van der Waals surface area contributed by atoms with Crippen LogP contribution < -0.4 is 10.6 Å². The topological polar surface area (TPSA) is 140 Å². The van der Waals surface area contributed by atoms with Crippen molar-refractivity contribution < 1.29 is 38.5 Å². The molecule has 10 nitrogen and oxygen atoms in total. The van der Waals surface area contributed by atoms with Gasteiger partial charge in [-0.3, -0.25) is 0 Å². The number of unbranched alkanes of at least 4 members (excludes halogenated alkanes) is 1. The zero-order valence-corrected chi connectivity index (χ0v) is 20.2. The number of nitrogens with one attached hydrogen (secondary N) is 2. The van der Waals surface area contributed by atoms with Crippen LogP contribution in [0.4, 0.5) is 9.59 Å². The van der Waals surface area contributed by atoms with Gasteiger partial charge in [-0.15, -0.1) is 0 Å². The van der Waals surface area contributed by atoms with Crippen molar-refractivity contribution in [2.24, 2.45) is 0 Å². The molecule has 2 amide bonds. The summed E-state index contributed by atoms with van der Waals surface area (Å²) in [5.74, 6) is -1.80. The van der Waals surface area contributed by atoms with Gasteiger partial charge in [0.05, 0.1) is 6.61 Å². The maximum absolute atomic E-state index is 12.3. The largest absolute Gasteiger partial charge is 0.480 e. The normalized spacial score (nSPS) is 12.0. The molecule has 2 atom stereocenters. The van der Waals surface area contributed by atoms with Gasteiger partial charge in [-0.25, -0.2) is 19.2 Å². The van der Waals surface area contributed by atoms with Crippen LogP contribution in [0.5, 0.6) is 0 Å². The Morgan fingerprint density at radius 3 is 1.61 bits per heavy atom. The Kier molecular flexibility index (Phi) is 12.3. The first-order valence-corrected chi connectivity index (χ1v) is 11.7.